The van der Waals surface area contributed by atoms with Crippen LogP contribution in [0.3, 0.4) is 0 Å². The van der Waals surface area contributed by atoms with E-state index in [1.165, 1.54) is 5.56 Å². The summed E-state index contributed by atoms with van der Waals surface area (Å²) in [7, 11) is 0. The maximum absolute atomic E-state index is 13.7. The summed E-state index contributed by atoms with van der Waals surface area (Å²) in [6.45, 7) is 15.7. The number of nitrogens with one attached hydrogen (secondary N) is 3. The zero-order valence-corrected chi connectivity index (χ0v) is 26.5. The number of anilines is 1. The number of benzene rings is 2. The third-order valence-corrected chi connectivity index (χ3v) is 8.21. The van der Waals surface area contributed by atoms with Gasteiger partial charge in [-0.05, 0) is 93.0 Å². The molecule has 1 fully saturated rings. The molecule has 0 atom stereocenters. The van der Waals surface area contributed by atoms with Crippen LogP contribution in [0.1, 0.15) is 71.4 Å². The van der Waals surface area contributed by atoms with Gasteiger partial charge in [0.1, 0.15) is 0 Å². The van der Waals surface area contributed by atoms with Gasteiger partial charge in [-0.1, -0.05) is 31.2 Å². The normalized spacial score (nSPS) is 13.7. The molecule has 43 heavy (non-hydrogen) atoms. The number of rotatable bonds is 14. The van der Waals surface area contributed by atoms with Crippen LogP contribution in [0, 0.1) is 20.8 Å². The second-order valence-electron chi connectivity index (χ2n) is 11.4. The number of H-pyrrole nitrogens is 1. The summed E-state index contributed by atoms with van der Waals surface area (Å²) < 4.78 is 11.2. The first kappa shape index (κ1) is 32.5. The van der Waals surface area contributed by atoms with E-state index in [4.69, 9.17) is 9.47 Å². The lowest BCUT2D eigenvalue weighted by Crippen LogP contribution is -2.40. The zero-order valence-electron chi connectivity index (χ0n) is 26.5. The number of hydrogen-bond donors (Lipinski definition) is 3. The molecule has 3 N–H and O–H groups in total. The second-order valence-corrected chi connectivity index (χ2v) is 11.4. The maximum atomic E-state index is 13.7. The number of nitrogens with zero attached hydrogens (tertiary/aromatic N) is 1. The SMILES string of the molecule is CCCOCCNCc1ccc(-c2cc(C(=O)NCc3c(C)cc(C)[nH]c3=O)c(C)c(N(CC)C3CCOCC3)c2)cc1. The molecule has 1 saturated heterocycles. The van der Waals surface area contributed by atoms with Crippen LogP contribution in [0.5, 0.6) is 0 Å². The molecule has 2 heterocycles. The molecule has 1 aliphatic rings. The van der Waals surface area contributed by atoms with Crippen LogP contribution in [0.25, 0.3) is 11.1 Å². The molecular formula is C35H48N4O4. The fourth-order valence-corrected chi connectivity index (χ4v) is 5.83. The van der Waals surface area contributed by atoms with Crippen molar-refractivity contribution >= 4 is 11.6 Å². The Morgan fingerprint density at radius 2 is 1.74 bits per heavy atom. The van der Waals surface area contributed by atoms with Gasteiger partial charge in [0.25, 0.3) is 11.5 Å². The van der Waals surface area contributed by atoms with E-state index in [0.717, 1.165) is 92.4 Å². The fraction of sp³-hybridized carbons (Fsp3) is 0.486. The molecule has 4 rings (SSSR count). The van der Waals surface area contributed by atoms with Crippen LogP contribution in [-0.2, 0) is 22.6 Å². The molecule has 1 aliphatic heterocycles. The van der Waals surface area contributed by atoms with Gasteiger partial charge in [-0.15, -0.1) is 0 Å². The largest absolute Gasteiger partial charge is 0.381 e. The smallest absolute Gasteiger partial charge is 0.253 e. The predicted octanol–water partition coefficient (Wildman–Crippen LogP) is 5.42. The van der Waals surface area contributed by atoms with E-state index in [0.29, 0.717) is 23.8 Å². The first-order chi connectivity index (χ1) is 20.8. The van der Waals surface area contributed by atoms with E-state index < -0.39 is 0 Å². The molecule has 0 radical (unpaired) electrons. The number of carbonyl (C=O) groups is 1. The van der Waals surface area contributed by atoms with Gasteiger partial charge < -0.3 is 30.0 Å². The molecule has 0 spiro atoms. The lowest BCUT2D eigenvalue weighted by atomic mass is 9.94. The highest BCUT2D eigenvalue weighted by molar-refractivity contribution is 5.99. The van der Waals surface area contributed by atoms with Gasteiger partial charge in [0.05, 0.1) is 6.61 Å². The van der Waals surface area contributed by atoms with Crippen molar-refractivity contribution in [1.82, 2.24) is 15.6 Å². The number of pyridine rings is 1. The minimum Gasteiger partial charge on any atom is -0.381 e. The highest BCUT2D eigenvalue weighted by Crippen LogP contribution is 2.34. The van der Waals surface area contributed by atoms with Gasteiger partial charge in [0.15, 0.2) is 0 Å². The Labute approximate surface area is 256 Å². The number of carbonyl (C=O) groups excluding carboxylic acids is 1. The first-order valence-electron chi connectivity index (χ1n) is 15.7. The molecular weight excluding hydrogens is 540 g/mol. The summed E-state index contributed by atoms with van der Waals surface area (Å²) in [5, 5.41) is 6.47. The Hall–Kier alpha value is -3.46. The van der Waals surface area contributed by atoms with Crippen LogP contribution in [0.15, 0.2) is 47.3 Å². The third-order valence-electron chi connectivity index (χ3n) is 8.21. The number of amides is 1. The minimum absolute atomic E-state index is 0.163. The van der Waals surface area contributed by atoms with Crippen LogP contribution in [0.2, 0.25) is 0 Å². The lowest BCUT2D eigenvalue weighted by Gasteiger charge is -2.37. The van der Waals surface area contributed by atoms with Crippen molar-refractivity contribution in [1.29, 1.82) is 0 Å². The molecule has 0 saturated carbocycles. The Kier molecular flexibility index (Phi) is 12.0. The molecule has 3 aromatic rings. The molecule has 2 aromatic carbocycles. The van der Waals surface area contributed by atoms with Gasteiger partial charge in [-0.2, -0.15) is 0 Å². The maximum Gasteiger partial charge on any atom is 0.253 e. The molecule has 1 aromatic heterocycles. The average Bonchev–Trinajstić information content (AvgIpc) is 3.00. The van der Waals surface area contributed by atoms with E-state index in [-0.39, 0.29) is 18.0 Å². The third kappa shape index (κ3) is 8.56. The van der Waals surface area contributed by atoms with E-state index in [9.17, 15) is 9.59 Å². The van der Waals surface area contributed by atoms with Crippen molar-refractivity contribution in [2.24, 2.45) is 0 Å². The van der Waals surface area contributed by atoms with Crippen molar-refractivity contribution in [2.45, 2.75) is 73.0 Å². The molecule has 8 nitrogen and oxygen atoms in total. The number of hydrogen-bond acceptors (Lipinski definition) is 6. The van der Waals surface area contributed by atoms with Gasteiger partial charge in [-0.25, -0.2) is 0 Å². The van der Waals surface area contributed by atoms with E-state index in [2.05, 4.69) is 64.7 Å². The highest BCUT2D eigenvalue weighted by atomic mass is 16.5. The molecule has 0 unspecified atom stereocenters. The zero-order chi connectivity index (χ0) is 30.8. The Bertz CT molecular complexity index is 1410. The quantitative estimate of drug-likeness (QED) is 0.218. The van der Waals surface area contributed by atoms with Crippen molar-refractivity contribution in [3.63, 3.8) is 0 Å². The standard InChI is InChI=1S/C35H48N4O4/c1-6-15-42-18-14-36-22-27-8-10-28(11-9-27)29-20-31(34(40)37-23-32-24(3)19-25(4)38-35(32)41)26(5)33(21-29)39(7-2)30-12-16-43-17-13-30/h8-11,19-21,30,36H,6-7,12-18,22-23H2,1-5H3,(H,37,40)(H,38,41). The first-order valence-corrected chi connectivity index (χ1v) is 15.7. The van der Waals surface area contributed by atoms with Crippen LogP contribution in [-0.4, -0.2) is 56.5 Å². The Morgan fingerprint density at radius 3 is 2.42 bits per heavy atom. The monoisotopic (exact) mass is 588 g/mol. The average molecular weight is 589 g/mol. The lowest BCUT2D eigenvalue weighted by molar-refractivity contribution is 0.0846. The van der Waals surface area contributed by atoms with Crippen molar-refractivity contribution in [3.05, 3.63) is 86.3 Å². The van der Waals surface area contributed by atoms with Crippen LogP contribution >= 0.6 is 0 Å². The van der Waals surface area contributed by atoms with E-state index >= 15 is 0 Å². The predicted molar refractivity (Wildman–Crippen MR) is 174 cm³/mol. The number of aromatic amines is 1. The van der Waals surface area contributed by atoms with Gasteiger partial charge in [0, 0.05) is 74.5 Å². The summed E-state index contributed by atoms with van der Waals surface area (Å²) in [6, 6.07) is 15.0. The van der Waals surface area contributed by atoms with E-state index in [1.807, 2.05) is 32.9 Å². The molecule has 8 heteroatoms. The number of aromatic nitrogens is 1. The van der Waals surface area contributed by atoms with Crippen molar-refractivity contribution in [2.75, 3.05) is 44.4 Å². The van der Waals surface area contributed by atoms with Crippen molar-refractivity contribution < 1.29 is 14.3 Å². The van der Waals surface area contributed by atoms with E-state index in [1.54, 1.807) is 0 Å². The summed E-state index contributed by atoms with van der Waals surface area (Å²) >= 11 is 0. The topological polar surface area (TPSA) is 95.7 Å². The molecule has 232 valence electrons. The van der Waals surface area contributed by atoms with Crippen LogP contribution < -0.4 is 21.1 Å². The summed E-state index contributed by atoms with van der Waals surface area (Å²) in [5.41, 5.74) is 7.96. The Balaban J connectivity index is 1.61. The fourth-order valence-electron chi connectivity index (χ4n) is 5.83. The highest BCUT2D eigenvalue weighted by Gasteiger charge is 2.25. The summed E-state index contributed by atoms with van der Waals surface area (Å²) in [6.07, 6.45) is 2.95. The van der Waals surface area contributed by atoms with Gasteiger partial charge >= 0.3 is 0 Å². The van der Waals surface area contributed by atoms with Gasteiger partial charge in [-0.3, -0.25) is 9.59 Å². The molecule has 0 aliphatic carbocycles. The minimum atomic E-state index is -0.186. The second kappa shape index (κ2) is 15.8. The Morgan fingerprint density at radius 1 is 1.00 bits per heavy atom. The van der Waals surface area contributed by atoms with Crippen molar-refractivity contribution in [3.8, 4) is 11.1 Å². The molecule has 0 bridgehead atoms. The summed E-state index contributed by atoms with van der Waals surface area (Å²) in [5.74, 6) is -0.186. The number of ether oxygens (including phenoxy) is 2. The number of aryl methyl sites for hydroxylation is 2. The summed E-state index contributed by atoms with van der Waals surface area (Å²) in [4.78, 5) is 31.6. The van der Waals surface area contributed by atoms with Gasteiger partial charge in [0.2, 0.25) is 0 Å². The molecule has 1 amide bonds. The van der Waals surface area contributed by atoms with Crippen LogP contribution in [0.4, 0.5) is 5.69 Å².